The Morgan fingerprint density at radius 1 is 1.15 bits per heavy atom. The zero-order valence-electron chi connectivity index (χ0n) is 14.5. The molecule has 2 N–H and O–H groups in total. The van der Waals surface area contributed by atoms with Crippen LogP contribution in [0, 0.1) is 0 Å². The first-order valence-corrected chi connectivity index (χ1v) is 8.18. The standard InChI is InChI=1S/C19H19N3O4/c1-3-26-18(24)13-6-9-15-16(11-13)22-19(21-15)20-14-7-4-12(5-8-14)10-17(23)25-2/h4-9,11H,3,10H2,1-2H3,(H2,20,21,22). The third kappa shape index (κ3) is 4.00. The summed E-state index contributed by atoms with van der Waals surface area (Å²) in [6.45, 7) is 2.10. The summed E-state index contributed by atoms with van der Waals surface area (Å²) in [5, 5.41) is 3.16. The molecule has 0 aliphatic rings. The molecule has 0 amide bonds. The van der Waals surface area contributed by atoms with Crippen LogP contribution in [0.4, 0.5) is 11.6 Å². The van der Waals surface area contributed by atoms with Gasteiger partial charge >= 0.3 is 11.9 Å². The number of nitrogens with zero attached hydrogens (tertiary/aromatic N) is 1. The van der Waals surface area contributed by atoms with Crippen molar-refractivity contribution in [1.29, 1.82) is 0 Å². The fraction of sp³-hybridized carbons (Fsp3) is 0.211. The number of anilines is 2. The van der Waals surface area contributed by atoms with Crippen molar-refractivity contribution >= 4 is 34.6 Å². The number of H-pyrrole nitrogens is 1. The van der Waals surface area contributed by atoms with Crippen molar-refractivity contribution in [2.75, 3.05) is 19.0 Å². The fourth-order valence-electron chi connectivity index (χ4n) is 2.49. The van der Waals surface area contributed by atoms with E-state index in [1.54, 1.807) is 25.1 Å². The third-order valence-electron chi connectivity index (χ3n) is 3.79. The molecule has 3 aromatic rings. The lowest BCUT2D eigenvalue weighted by atomic mass is 10.1. The highest BCUT2D eigenvalue weighted by molar-refractivity contribution is 5.94. The summed E-state index contributed by atoms with van der Waals surface area (Å²) in [6.07, 6.45) is 0.234. The first kappa shape index (κ1) is 17.5. The number of esters is 2. The Morgan fingerprint density at radius 3 is 2.62 bits per heavy atom. The summed E-state index contributed by atoms with van der Waals surface area (Å²) in [4.78, 5) is 30.7. The van der Waals surface area contributed by atoms with Gasteiger partial charge in [0.2, 0.25) is 5.95 Å². The van der Waals surface area contributed by atoms with Crippen LogP contribution in [0.5, 0.6) is 0 Å². The number of fused-ring (bicyclic) bond motifs is 1. The maximum atomic E-state index is 11.8. The second kappa shape index (κ2) is 7.69. The zero-order chi connectivity index (χ0) is 18.5. The lowest BCUT2D eigenvalue weighted by Gasteiger charge is -2.04. The van der Waals surface area contributed by atoms with Crippen molar-refractivity contribution in [3.63, 3.8) is 0 Å². The maximum Gasteiger partial charge on any atom is 0.338 e. The second-order valence-corrected chi connectivity index (χ2v) is 5.61. The molecular weight excluding hydrogens is 334 g/mol. The van der Waals surface area contributed by atoms with Crippen molar-refractivity contribution in [3.05, 3.63) is 53.6 Å². The molecule has 2 aromatic carbocycles. The van der Waals surface area contributed by atoms with Gasteiger partial charge in [-0.25, -0.2) is 9.78 Å². The third-order valence-corrected chi connectivity index (χ3v) is 3.79. The van der Waals surface area contributed by atoms with E-state index in [0.29, 0.717) is 18.1 Å². The largest absolute Gasteiger partial charge is 0.469 e. The number of ether oxygens (including phenoxy) is 2. The highest BCUT2D eigenvalue weighted by Crippen LogP contribution is 2.20. The topological polar surface area (TPSA) is 93.3 Å². The van der Waals surface area contributed by atoms with Gasteiger partial charge < -0.3 is 19.8 Å². The first-order valence-electron chi connectivity index (χ1n) is 8.18. The Balaban J connectivity index is 1.74. The van der Waals surface area contributed by atoms with Crippen LogP contribution in [0.15, 0.2) is 42.5 Å². The molecule has 0 unspecified atom stereocenters. The van der Waals surface area contributed by atoms with Crippen molar-refractivity contribution in [2.24, 2.45) is 0 Å². The number of benzene rings is 2. The van der Waals surface area contributed by atoms with Crippen LogP contribution in [-0.2, 0) is 20.7 Å². The van der Waals surface area contributed by atoms with E-state index in [9.17, 15) is 9.59 Å². The average Bonchev–Trinajstić information content (AvgIpc) is 3.04. The summed E-state index contributed by atoms with van der Waals surface area (Å²) in [5.74, 6) is -0.0816. The Kier molecular flexibility index (Phi) is 5.17. The molecule has 0 spiro atoms. The predicted octanol–water partition coefficient (Wildman–Crippen LogP) is 3.20. The van der Waals surface area contributed by atoms with Gasteiger partial charge in [-0.05, 0) is 42.8 Å². The molecule has 1 heterocycles. The molecule has 0 saturated carbocycles. The Morgan fingerprint density at radius 2 is 1.92 bits per heavy atom. The Hall–Kier alpha value is -3.35. The second-order valence-electron chi connectivity index (χ2n) is 5.61. The van der Waals surface area contributed by atoms with Crippen LogP contribution in [0.3, 0.4) is 0 Å². The molecule has 3 rings (SSSR count). The van der Waals surface area contributed by atoms with Crippen LogP contribution in [0.2, 0.25) is 0 Å². The van der Waals surface area contributed by atoms with Crippen LogP contribution in [0.25, 0.3) is 11.0 Å². The number of nitrogens with one attached hydrogen (secondary N) is 2. The average molecular weight is 353 g/mol. The molecular formula is C19H19N3O4. The number of carbonyl (C=O) groups excluding carboxylic acids is 2. The fourth-order valence-corrected chi connectivity index (χ4v) is 2.49. The number of methoxy groups -OCH3 is 1. The van der Waals surface area contributed by atoms with Gasteiger partial charge in [0.1, 0.15) is 0 Å². The van der Waals surface area contributed by atoms with Gasteiger partial charge in [-0.3, -0.25) is 4.79 Å². The molecule has 0 bridgehead atoms. The highest BCUT2D eigenvalue weighted by atomic mass is 16.5. The summed E-state index contributed by atoms with van der Waals surface area (Å²) in [7, 11) is 1.37. The number of aromatic nitrogens is 2. The molecule has 0 atom stereocenters. The Labute approximate surface area is 150 Å². The van der Waals surface area contributed by atoms with Crippen LogP contribution >= 0.6 is 0 Å². The highest BCUT2D eigenvalue weighted by Gasteiger charge is 2.10. The summed E-state index contributed by atoms with van der Waals surface area (Å²) < 4.78 is 9.66. The molecule has 1 aromatic heterocycles. The molecule has 26 heavy (non-hydrogen) atoms. The van der Waals surface area contributed by atoms with E-state index in [0.717, 1.165) is 22.3 Å². The van der Waals surface area contributed by atoms with E-state index in [1.807, 2.05) is 24.3 Å². The molecule has 7 heteroatoms. The van der Waals surface area contributed by atoms with Crippen molar-refractivity contribution in [2.45, 2.75) is 13.3 Å². The number of hydrogen-bond acceptors (Lipinski definition) is 6. The van der Waals surface area contributed by atoms with E-state index in [1.165, 1.54) is 7.11 Å². The lowest BCUT2D eigenvalue weighted by Crippen LogP contribution is -2.04. The van der Waals surface area contributed by atoms with Gasteiger partial charge in [-0.15, -0.1) is 0 Å². The zero-order valence-corrected chi connectivity index (χ0v) is 14.5. The minimum absolute atomic E-state index is 0.234. The van der Waals surface area contributed by atoms with E-state index >= 15 is 0 Å². The number of imidazole rings is 1. The van der Waals surface area contributed by atoms with Crippen molar-refractivity contribution < 1.29 is 19.1 Å². The van der Waals surface area contributed by atoms with Crippen LogP contribution in [0.1, 0.15) is 22.8 Å². The van der Waals surface area contributed by atoms with Gasteiger partial charge in [0.25, 0.3) is 0 Å². The normalized spacial score (nSPS) is 10.5. The van der Waals surface area contributed by atoms with E-state index in [-0.39, 0.29) is 18.4 Å². The molecule has 134 valence electrons. The molecule has 0 fully saturated rings. The molecule has 0 radical (unpaired) electrons. The van der Waals surface area contributed by atoms with Crippen LogP contribution in [-0.4, -0.2) is 35.6 Å². The van der Waals surface area contributed by atoms with E-state index in [2.05, 4.69) is 20.0 Å². The minimum atomic E-state index is -0.361. The van der Waals surface area contributed by atoms with Gasteiger partial charge in [-0.1, -0.05) is 12.1 Å². The Bertz CT molecular complexity index is 932. The summed E-state index contributed by atoms with van der Waals surface area (Å²) in [6, 6.07) is 12.6. The maximum absolute atomic E-state index is 11.8. The molecule has 7 nitrogen and oxygen atoms in total. The summed E-state index contributed by atoms with van der Waals surface area (Å²) in [5.41, 5.74) is 3.64. The van der Waals surface area contributed by atoms with Gasteiger partial charge in [0.15, 0.2) is 0 Å². The van der Waals surface area contributed by atoms with Gasteiger partial charge in [0.05, 0.1) is 36.7 Å². The molecule has 0 saturated heterocycles. The van der Waals surface area contributed by atoms with Crippen LogP contribution < -0.4 is 5.32 Å². The number of hydrogen-bond donors (Lipinski definition) is 2. The van der Waals surface area contributed by atoms with Gasteiger partial charge in [-0.2, -0.15) is 0 Å². The quantitative estimate of drug-likeness (QED) is 0.661. The van der Waals surface area contributed by atoms with Crippen molar-refractivity contribution in [1.82, 2.24) is 9.97 Å². The molecule has 0 aliphatic heterocycles. The monoisotopic (exact) mass is 353 g/mol. The van der Waals surface area contributed by atoms with Gasteiger partial charge in [0, 0.05) is 5.69 Å². The smallest absolute Gasteiger partial charge is 0.338 e. The SMILES string of the molecule is CCOC(=O)c1ccc2nc(Nc3ccc(CC(=O)OC)cc3)[nH]c2c1. The van der Waals surface area contributed by atoms with Crippen molar-refractivity contribution in [3.8, 4) is 0 Å². The first-order chi connectivity index (χ1) is 12.6. The molecule has 0 aliphatic carbocycles. The summed E-state index contributed by atoms with van der Waals surface area (Å²) >= 11 is 0. The van der Waals surface area contributed by atoms with E-state index in [4.69, 9.17) is 4.74 Å². The predicted molar refractivity (Wildman–Crippen MR) is 97.5 cm³/mol. The lowest BCUT2D eigenvalue weighted by molar-refractivity contribution is -0.139. The minimum Gasteiger partial charge on any atom is -0.469 e. The number of carbonyl (C=O) groups is 2. The number of aromatic amines is 1. The number of rotatable bonds is 6. The van der Waals surface area contributed by atoms with E-state index < -0.39 is 0 Å².